The maximum absolute atomic E-state index is 11.0. The molecule has 2 rings (SSSR count). The summed E-state index contributed by atoms with van der Waals surface area (Å²) >= 11 is 0. The molecular formula is C12H12N2O2. The van der Waals surface area contributed by atoms with E-state index in [0.29, 0.717) is 11.7 Å². The Balaban J connectivity index is 2.45. The summed E-state index contributed by atoms with van der Waals surface area (Å²) < 4.78 is 5.39. The smallest absolute Gasteiger partial charge is 0.270 e. The fourth-order valence-corrected chi connectivity index (χ4v) is 1.44. The summed E-state index contributed by atoms with van der Waals surface area (Å²) in [4.78, 5) is 15.1. The summed E-state index contributed by atoms with van der Waals surface area (Å²) in [6.07, 6.45) is 0. The van der Waals surface area contributed by atoms with Gasteiger partial charge in [0.1, 0.15) is 5.76 Å². The van der Waals surface area contributed by atoms with Crippen molar-refractivity contribution < 1.29 is 9.21 Å². The van der Waals surface area contributed by atoms with Crippen LogP contribution in [0.15, 0.2) is 28.7 Å². The van der Waals surface area contributed by atoms with Gasteiger partial charge >= 0.3 is 0 Å². The van der Waals surface area contributed by atoms with Crippen LogP contribution in [0.1, 0.15) is 21.8 Å². The Morgan fingerprint density at radius 3 is 2.38 bits per heavy atom. The molecule has 4 nitrogen and oxygen atoms in total. The Bertz CT molecular complexity index is 526. The molecule has 2 N–H and O–H groups in total. The number of amides is 1. The van der Waals surface area contributed by atoms with E-state index < -0.39 is 5.91 Å². The first-order chi connectivity index (χ1) is 7.58. The van der Waals surface area contributed by atoms with Crippen LogP contribution in [0.4, 0.5) is 0 Å². The molecule has 0 radical (unpaired) electrons. The molecule has 1 amide bonds. The molecule has 0 aliphatic rings. The molecule has 0 bridgehead atoms. The molecule has 2 aromatic rings. The Morgan fingerprint density at radius 2 is 1.88 bits per heavy atom. The summed E-state index contributed by atoms with van der Waals surface area (Å²) in [6.45, 7) is 3.67. The maximum atomic E-state index is 11.0. The molecule has 0 unspecified atom stereocenters. The van der Waals surface area contributed by atoms with E-state index in [-0.39, 0.29) is 5.69 Å². The van der Waals surface area contributed by atoms with Gasteiger partial charge in [0.05, 0.1) is 0 Å². The molecule has 1 aromatic heterocycles. The maximum Gasteiger partial charge on any atom is 0.270 e. The second-order valence-electron chi connectivity index (χ2n) is 3.65. The molecule has 0 aliphatic carbocycles. The summed E-state index contributed by atoms with van der Waals surface area (Å²) in [6, 6.07) is 7.70. The first-order valence-electron chi connectivity index (χ1n) is 4.92. The van der Waals surface area contributed by atoms with Crippen LogP contribution >= 0.6 is 0 Å². The van der Waals surface area contributed by atoms with Crippen molar-refractivity contribution in [1.82, 2.24) is 4.98 Å². The Kier molecular flexibility index (Phi) is 2.48. The van der Waals surface area contributed by atoms with Gasteiger partial charge in [0.25, 0.3) is 5.91 Å². The molecule has 0 saturated carbocycles. The van der Waals surface area contributed by atoms with Gasteiger partial charge in [0.2, 0.25) is 5.89 Å². The summed E-state index contributed by atoms with van der Waals surface area (Å²) in [5.74, 6) is 0.300. The molecule has 82 valence electrons. The van der Waals surface area contributed by atoms with Gasteiger partial charge in [0.15, 0.2) is 5.69 Å². The van der Waals surface area contributed by atoms with Crippen molar-refractivity contribution in [3.8, 4) is 11.5 Å². The van der Waals surface area contributed by atoms with Gasteiger partial charge in [0, 0.05) is 5.56 Å². The number of oxazole rings is 1. The van der Waals surface area contributed by atoms with Crippen LogP contribution < -0.4 is 5.73 Å². The summed E-state index contributed by atoms with van der Waals surface area (Å²) in [5, 5.41) is 0. The normalized spacial score (nSPS) is 10.4. The van der Waals surface area contributed by atoms with Gasteiger partial charge in [-0.3, -0.25) is 4.79 Å². The number of benzene rings is 1. The lowest BCUT2D eigenvalue weighted by Gasteiger charge is -1.95. The van der Waals surface area contributed by atoms with Gasteiger partial charge in [-0.25, -0.2) is 4.98 Å². The highest BCUT2D eigenvalue weighted by molar-refractivity contribution is 5.92. The minimum Gasteiger partial charge on any atom is -0.441 e. The third-order valence-corrected chi connectivity index (χ3v) is 2.33. The van der Waals surface area contributed by atoms with Crippen LogP contribution in [0.5, 0.6) is 0 Å². The fraction of sp³-hybridized carbons (Fsp3) is 0.167. The minimum atomic E-state index is -0.570. The highest BCUT2D eigenvalue weighted by Crippen LogP contribution is 2.21. The van der Waals surface area contributed by atoms with Gasteiger partial charge < -0.3 is 10.2 Å². The standard InChI is InChI=1S/C12H12N2O2/c1-7-3-5-9(6-4-7)12-14-10(11(13)15)8(2)16-12/h3-6H,1-2H3,(H2,13,15). The Hall–Kier alpha value is -2.10. The molecular weight excluding hydrogens is 204 g/mol. The number of primary amides is 1. The summed E-state index contributed by atoms with van der Waals surface area (Å²) in [5.41, 5.74) is 7.35. The fourth-order valence-electron chi connectivity index (χ4n) is 1.44. The predicted molar refractivity (Wildman–Crippen MR) is 59.9 cm³/mol. The van der Waals surface area contributed by atoms with E-state index in [4.69, 9.17) is 10.2 Å². The number of hydrogen-bond acceptors (Lipinski definition) is 3. The van der Waals surface area contributed by atoms with Crippen molar-refractivity contribution in [2.24, 2.45) is 5.73 Å². The van der Waals surface area contributed by atoms with Crippen LogP contribution in [0.2, 0.25) is 0 Å². The van der Waals surface area contributed by atoms with Gasteiger partial charge in [-0.1, -0.05) is 17.7 Å². The van der Waals surface area contributed by atoms with Crippen LogP contribution in [-0.4, -0.2) is 10.9 Å². The number of nitrogens with zero attached hydrogens (tertiary/aromatic N) is 1. The second kappa shape index (κ2) is 3.81. The van der Waals surface area contributed by atoms with Crippen LogP contribution in [-0.2, 0) is 0 Å². The van der Waals surface area contributed by atoms with Crippen molar-refractivity contribution in [1.29, 1.82) is 0 Å². The minimum absolute atomic E-state index is 0.190. The van der Waals surface area contributed by atoms with Crippen LogP contribution in [0.3, 0.4) is 0 Å². The van der Waals surface area contributed by atoms with E-state index in [1.165, 1.54) is 0 Å². The number of aryl methyl sites for hydroxylation is 2. The van der Waals surface area contributed by atoms with Crippen molar-refractivity contribution in [2.45, 2.75) is 13.8 Å². The molecule has 16 heavy (non-hydrogen) atoms. The number of rotatable bonds is 2. The largest absolute Gasteiger partial charge is 0.441 e. The zero-order valence-electron chi connectivity index (χ0n) is 9.15. The third kappa shape index (κ3) is 1.82. The van der Waals surface area contributed by atoms with Crippen molar-refractivity contribution in [2.75, 3.05) is 0 Å². The number of nitrogens with two attached hydrogens (primary N) is 1. The van der Waals surface area contributed by atoms with Gasteiger partial charge in [-0.2, -0.15) is 0 Å². The lowest BCUT2D eigenvalue weighted by Crippen LogP contribution is -2.12. The van der Waals surface area contributed by atoms with Gasteiger partial charge in [-0.15, -0.1) is 0 Å². The monoisotopic (exact) mass is 216 g/mol. The van der Waals surface area contributed by atoms with Crippen LogP contribution in [0, 0.1) is 13.8 Å². The zero-order valence-corrected chi connectivity index (χ0v) is 9.15. The number of hydrogen-bond donors (Lipinski definition) is 1. The Morgan fingerprint density at radius 1 is 1.25 bits per heavy atom. The van der Waals surface area contributed by atoms with Crippen LogP contribution in [0.25, 0.3) is 11.5 Å². The highest BCUT2D eigenvalue weighted by atomic mass is 16.4. The molecule has 1 aromatic carbocycles. The number of carbonyl (C=O) groups excluding carboxylic acids is 1. The van der Waals surface area contributed by atoms with E-state index >= 15 is 0 Å². The molecule has 0 saturated heterocycles. The van der Waals surface area contributed by atoms with Crippen molar-refractivity contribution in [3.63, 3.8) is 0 Å². The quantitative estimate of drug-likeness (QED) is 0.835. The molecule has 0 aliphatic heterocycles. The third-order valence-electron chi connectivity index (χ3n) is 2.33. The number of aromatic nitrogens is 1. The van der Waals surface area contributed by atoms with Crippen molar-refractivity contribution in [3.05, 3.63) is 41.3 Å². The lowest BCUT2D eigenvalue weighted by molar-refractivity contribution is 0.0995. The van der Waals surface area contributed by atoms with Crippen molar-refractivity contribution >= 4 is 5.91 Å². The molecule has 4 heteroatoms. The van der Waals surface area contributed by atoms with E-state index in [1.807, 2.05) is 31.2 Å². The van der Waals surface area contributed by atoms with E-state index in [2.05, 4.69) is 4.98 Å². The SMILES string of the molecule is Cc1ccc(-c2nc(C(N)=O)c(C)o2)cc1. The Labute approximate surface area is 93.1 Å². The van der Waals surface area contributed by atoms with E-state index in [9.17, 15) is 4.79 Å². The zero-order chi connectivity index (χ0) is 11.7. The average Bonchev–Trinajstić information content (AvgIpc) is 2.61. The predicted octanol–water partition coefficient (Wildman–Crippen LogP) is 2.06. The molecule has 1 heterocycles. The average molecular weight is 216 g/mol. The molecule has 0 fully saturated rings. The topological polar surface area (TPSA) is 69.1 Å². The van der Waals surface area contributed by atoms with Gasteiger partial charge in [-0.05, 0) is 26.0 Å². The molecule has 0 spiro atoms. The van der Waals surface area contributed by atoms with E-state index in [0.717, 1.165) is 11.1 Å². The summed E-state index contributed by atoms with van der Waals surface area (Å²) in [7, 11) is 0. The highest BCUT2D eigenvalue weighted by Gasteiger charge is 2.14. The second-order valence-corrected chi connectivity index (χ2v) is 3.65. The molecule has 0 atom stereocenters. The van der Waals surface area contributed by atoms with E-state index in [1.54, 1.807) is 6.92 Å². The first-order valence-corrected chi connectivity index (χ1v) is 4.92. The number of carbonyl (C=O) groups is 1. The first kappa shape index (κ1) is 10.4. The lowest BCUT2D eigenvalue weighted by atomic mass is 10.1.